The van der Waals surface area contributed by atoms with Crippen LogP contribution in [-0.4, -0.2) is 43.6 Å². The molecule has 8 nitrogen and oxygen atoms in total. The summed E-state index contributed by atoms with van der Waals surface area (Å²) in [5.74, 6) is -0.308. The lowest BCUT2D eigenvalue weighted by atomic mass is 9.91. The van der Waals surface area contributed by atoms with Crippen molar-refractivity contribution in [1.82, 2.24) is 10.1 Å². The lowest BCUT2D eigenvalue weighted by Gasteiger charge is -2.36. The third-order valence-corrected chi connectivity index (χ3v) is 7.91. The van der Waals surface area contributed by atoms with Crippen LogP contribution < -0.4 is 20.8 Å². The van der Waals surface area contributed by atoms with E-state index >= 15 is 0 Å². The van der Waals surface area contributed by atoms with Crippen molar-refractivity contribution in [1.29, 1.82) is 0 Å². The summed E-state index contributed by atoms with van der Waals surface area (Å²) >= 11 is 0. The van der Waals surface area contributed by atoms with Gasteiger partial charge in [0.1, 0.15) is 11.8 Å². The fourth-order valence-corrected chi connectivity index (χ4v) is 5.19. The van der Waals surface area contributed by atoms with Gasteiger partial charge in [0.2, 0.25) is 5.76 Å². The maximum absolute atomic E-state index is 13.5. The molecule has 4 rings (SSSR count). The van der Waals surface area contributed by atoms with Crippen LogP contribution in [-0.2, 0) is 11.2 Å². The first-order valence-electron chi connectivity index (χ1n) is 10.7. The minimum Gasteiger partial charge on any atom is -0.497 e. The molecule has 0 aliphatic carbocycles. The Hall–Kier alpha value is -3.59. The number of methoxy groups -OCH3 is 1. The van der Waals surface area contributed by atoms with Gasteiger partial charge in [-0.15, -0.1) is 0 Å². The summed E-state index contributed by atoms with van der Waals surface area (Å²) in [6.07, 6.45) is 0.543. The number of amides is 2. The molecule has 1 unspecified atom stereocenters. The van der Waals surface area contributed by atoms with E-state index in [1.807, 2.05) is 30.3 Å². The number of hydrogen-bond acceptors (Lipinski definition) is 5. The molecular weight excluding hydrogens is 438 g/mol. The Bertz CT molecular complexity index is 1240. The molecule has 2 aromatic carbocycles. The number of carbonyl (C=O) groups excluding carboxylic acids is 2. The summed E-state index contributed by atoms with van der Waals surface area (Å²) in [5.41, 5.74) is 1.79. The average Bonchev–Trinajstić information content (AvgIpc) is 3.23. The minimum absolute atomic E-state index is 0.130. The Morgan fingerprint density at radius 1 is 1.12 bits per heavy atom. The molecular formula is C24H27N3O5Si. The lowest BCUT2D eigenvalue weighted by Crippen LogP contribution is -2.45. The molecule has 1 atom stereocenters. The lowest BCUT2D eigenvalue weighted by molar-refractivity contribution is -0.121. The zero-order valence-electron chi connectivity index (χ0n) is 19.1. The van der Waals surface area contributed by atoms with Crippen molar-refractivity contribution in [2.45, 2.75) is 32.1 Å². The molecule has 1 aliphatic heterocycles. The maximum Gasteiger partial charge on any atom is 0.293 e. The van der Waals surface area contributed by atoms with Gasteiger partial charge in [-0.3, -0.25) is 14.4 Å². The Labute approximate surface area is 192 Å². The van der Waals surface area contributed by atoms with Crippen molar-refractivity contribution in [2.24, 2.45) is 0 Å². The molecule has 1 aromatic heterocycles. The van der Waals surface area contributed by atoms with Crippen LogP contribution in [0.25, 0.3) is 0 Å². The minimum atomic E-state index is -1.46. The Morgan fingerprint density at radius 2 is 1.85 bits per heavy atom. The van der Waals surface area contributed by atoms with Gasteiger partial charge in [0.15, 0.2) is 0 Å². The van der Waals surface area contributed by atoms with Crippen molar-refractivity contribution in [3.63, 3.8) is 0 Å². The normalized spacial score (nSPS) is 15.6. The summed E-state index contributed by atoms with van der Waals surface area (Å²) in [5, 5.41) is 6.37. The fourth-order valence-electron chi connectivity index (χ4n) is 4.03. The van der Waals surface area contributed by atoms with E-state index in [-0.39, 0.29) is 11.7 Å². The average molecular weight is 466 g/mol. The maximum atomic E-state index is 13.5. The fraction of sp³-hybridized carbons (Fsp3) is 0.292. The van der Waals surface area contributed by atoms with Crippen LogP contribution in [0.2, 0.25) is 19.6 Å². The molecule has 2 heterocycles. The van der Waals surface area contributed by atoms with Gasteiger partial charge in [-0.1, -0.05) is 43.0 Å². The molecule has 0 saturated heterocycles. The standard InChI is InChI=1S/C24H27N3O5Si/c1-31-17-7-10-19-15(13-17)11-12-27(24(30)20-14-21(28)26-32-20)22(19)23(29)25-16-5-8-18(9-6-16)33(2,3)4/h5-10,13-14,22H,11-12H2,1-4H3,(H,25,29)(H,26,28). The SMILES string of the molecule is COc1ccc2c(c1)CCN(C(=O)c1cc(=O)[nH]o1)C2C(=O)Nc1ccc([Si](C)(C)C)cc1. The summed E-state index contributed by atoms with van der Waals surface area (Å²) in [7, 11) is 0.123. The van der Waals surface area contributed by atoms with Crippen LogP contribution in [0.3, 0.4) is 0 Å². The molecule has 0 saturated carbocycles. The van der Waals surface area contributed by atoms with Gasteiger partial charge < -0.3 is 19.5 Å². The molecule has 172 valence electrons. The Balaban J connectivity index is 1.67. The van der Waals surface area contributed by atoms with Gasteiger partial charge >= 0.3 is 0 Å². The predicted octanol–water partition coefficient (Wildman–Crippen LogP) is 2.90. The summed E-state index contributed by atoms with van der Waals surface area (Å²) < 4.78 is 10.3. The van der Waals surface area contributed by atoms with Crippen molar-refractivity contribution >= 4 is 30.8 Å². The number of hydrogen-bond donors (Lipinski definition) is 2. The van der Waals surface area contributed by atoms with Crippen molar-refractivity contribution in [2.75, 3.05) is 19.0 Å². The number of benzene rings is 2. The number of nitrogens with zero attached hydrogens (tertiary/aromatic N) is 1. The number of nitrogens with one attached hydrogen (secondary N) is 2. The smallest absolute Gasteiger partial charge is 0.293 e. The zero-order valence-corrected chi connectivity index (χ0v) is 20.1. The van der Waals surface area contributed by atoms with E-state index in [0.717, 1.165) is 11.6 Å². The molecule has 0 spiro atoms. The summed E-state index contributed by atoms with van der Waals surface area (Å²) in [6.45, 7) is 7.07. The third kappa shape index (κ3) is 4.63. The largest absolute Gasteiger partial charge is 0.497 e. The first kappa shape index (κ1) is 22.6. The van der Waals surface area contributed by atoms with Gasteiger partial charge in [-0.05, 0) is 41.8 Å². The highest BCUT2D eigenvalue weighted by Gasteiger charge is 2.38. The monoisotopic (exact) mass is 465 g/mol. The van der Waals surface area contributed by atoms with E-state index in [4.69, 9.17) is 9.26 Å². The third-order valence-electron chi connectivity index (χ3n) is 5.84. The van der Waals surface area contributed by atoms with Crippen molar-refractivity contribution in [3.05, 3.63) is 75.8 Å². The number of H-pyrrole nitrogens is 1. The van der Waals surface area contributed by atoms with Crippen LogP contribution in [0.5, 0.6) is 5.75 Å². The first-order chi connectivity index (χ1) is 15.7. The van der Waals surface area contributed by atoms with E-state index in [1.54, 1.807) is 19.2 Å². The molecule has 33 heavy (non-hydrogen) atoms. The molecule has 3 aromatic rings. The summed E-state index contributed by atoms with van der Waals surface area (Å²) in [4.78, 5) is 39.6. The molecule has 0 radical (unpaired) electrons. The molecule has 9 heteroatoms. The number of ether oxygens (including phenoxy) is 1. The number of aromatic nitrogens is 1. The van der Waals surface area contributed by atoms with Crippen LogP contribution in [0, 0.1) is 0 Å². The van der Waals surface area contributed by atoms with Crippen LogP contribution >= 0.6 is 0 Å². The molecule has 1 aliphatic rings. The quantitative estimate of drug-likeness (QED) is 0.564. The van der Waals surface area contributed by atoms with Crippen LogP contribution in [0.4, 0.5) is 5.69 Å². The van der Waals surface area contributed by atoms with E-state index in [0.29, 0.717) is 30.0 Å². The predicted molar refractivity (Wildman–Crippen MR) is 128 cm³/mol. The topological polar surface area (TPSA) is 105 Å². The molecule has 0 fully saturated rings. The second-order valence-corrected chi connectivity index (χ2v) is 14.2. The van der Waals surface area contributed by atoms with E-state index in [2.05, 4.69) is 30.1 Å². The second kappa shape index (κ2) is 8.74. The van der Waals surface area contributed by atoms with E-state index in [1.165, 1.54) is 10.1 Å². The molecule has 0 bridgehead atoms. The van der Waals surface area contributed by atoms with Gasteiger partial charge in [0.05, 0.1) is 21.3 Å². The summed E-state index contributed by atoms with van der Waals surface area (Å²) in [6, 6.07) is 13.5. The Morgan fingerprint density at radius 3 is 2.45 bits per heavy atom. The highest BCUT2D eigenvalue weighted by molar-refractivity contribution is 6.88. The number of carbonyl (C=O) groups is 2. The van der Waals surface area contributed by atoms with Crippen molar-refractivity contribution in [3.8, 4) is 5.75 Å². The van der Waals surface area contributed by atoms with Crippen LogP contribution in [0.15, 0.2) is 57.8 Å². The van der Waals surface area contributed by atoms with E-state index in [9.17, 15) is 14.4 Å². The number of anilines is 1. The number of rotatable bonds is 5. The molecule has 2 N–H and O–H groups in total. The van der Waals surface area contributed by atoms with E-state index < -0.39 is 25.6 Å². The van der Waals surface area contributed by atoms with Gasteiger partial charge in [-0.25, -0.2) is 0 Å². The second-order valence-electron chi connectivity index (χ2n) is 9.11. The highest BCUT2D eigenvalue weighted by atomic mass is 28.3. The number of fused-ring (bicyclic) bond motifs is 1. The molecule has 2 amide bonds. The number of aromatic amines is 1. The highest BCUT2D eigenvalue weighted by Crippen LogP contribution is 2.34. The van der Waals surface area contributed by atoms with Gasteiger partial charge in [0, 0.05) is 12.2 Å². The zero-order chi connectivity index (χ0) is 23.8. The Kier molecular flexibility index (Phi) is 5.99. The van der Waals surface area contributed by atoms with Crippen molar-refractivity contribution < 1.29 is 18.8 Å². The first-order valence-corrected chi connectivity index (χ1v) is 14.2. The van der Waals surface area contributed by atoms with Gasteiger partial charge in [0.25, 0.3) is 17.4 Å². The van der Waals surface area contributed by atoms with Crippen LogP contribution in [0.1, 0.15) is 27.7 Å². The van der Waals surface area contributed by atoms with Gasteiger partial charge in [-0.2, -0.15) is 5.16 Å².